The molecule has 0 N–H and O–H groups in total. The maximum atomic E-state index is 10.7. The quantitative estimate of drug-likeness (QED) is 0.583. The molecule has 80 valence electrons. The van der Waals surface area contributed by atoms with Gasteiger partial charge >= 0.3 is 0 Å². The smallest absolute Gasteiger partial charge is 0.0976 e. The first-order valence-electron chi connectivity index (χ1n) is 6.24. The molecule has 0 amide bonds. The number of nitroso groups, excluding NO2 is 1. The Labute approximate surface area is 86.4 Å². The number of hydrogen-bond donors (Lipinski definition) is 0. The van der Waals surface area contributed by atoms with Crippen LogP contribution < -0.4 is 0 Å². The second-order valence-corrected chi connectivity index (χ2v) is 5.05. The summed E-state index contributed by atoms with van der Waals surface area (Å²) >= 11 is 0. The Morgan fingerprint density at radius 1 is 0.786 bits per heavy atom. The lowest BCUT2D eigenvalue weighted by atomic mass is 9.66. The molecule has 3 fully saturated rings. The van der Waals surface area contributed by atoms with Gasteiger partial charge in [0.2, 0.25) is 0 Å². The Balaban J connectivity index is 1.87. The summed E-state index contributed by atoms with van der Waals surface area (Å²) in [4.78, 5) is 10.7. The van der Waals surface area contributed by atoms with Gasteiger partial charge in [0.25, 0.3) is 0 Å². The fourth-order valence-electron chi connectivity index (χ4n) is 3.13. The highest BCUT2D eigenvalue weighted by Crippen LogP contribution is 2.43. The summed E-state index contributed by atoms with van der Waals surface area (Å²) in [6.45, 7) is 0. The van der Waals surface area contributed by atoms with E-state index < -0.39 is 0 Å². The van der Waals surface area contributed by atoms with Gasteiger partial charge < -0.3 is 0 Å². The van der Waals surface area contributed by atoms with Crippen LogP contribution in [0.1, 0.15) is 57.8 Å². The molecule has 0 radical (unpaired) electrons. The highest BCUT2D eigenvalue weighted by molar-refractivity contribution is 4.94. The van der Waals surface area contributed by atoms with Crippen molar-refractivity contribution in [1.82, 2.24) is 0 Å². The van der Waals surface area contributed by atoms with Crippen molar-refractivity contribution >= 4 is 0 Å². The monoisotopic (exact) mass is 195 g/mol. The molecule has 0 aromatic carbocycles. The molecule has 0 aromatic heterocycles. The summed E-state index contributed by atoms with van der Waals surface area (Å²) < 4.78 is 0. The maximum Gasteiger partial charge on any atom is 0.0976 e. The zero-order chi connectivity index (χ0) is 9.80. The lowest BCUT2D eigenvalue weighted by Gasteiger charge is -2.40. The number of nitrogens with zero attached hydrogens (tertiary/aromatic N) is 1. The van der Waals surface area contributed by atoms with Crippen molar-refractivity contribution in [3.05, 3.63) is 4.91 Å². The molecular formula is C12H21NO. The van der Waals surface area contributed by atoms with Gasteiger partial charge in [-0.15, -0.1) is 0 Å². The second kappa shape index (κ2) is 4.90. The normalized spacial score (nSPS) is 39.3. The first kappa shape index (κ1) is 10.1. The van der Waals surface area contributed by atoms with Gasteiger partial charge in [-0.3, -0.25) is 0 Å². The molecule has 3 rings (SSSR count). The summed E-state index contributed by atoms with van der Waals surface area (Å²) in [5.41, 5.74) is 0. The van der Waals surface area contributed by atoms with Crippen molar-refractivity contribution in [1.29, 1.82) is 0 Å². The van der Waals surface area contributed by atoms with Crippen molar-refractivity contribution in [2.24, 2.45) is 17.0 Å². The molecule has 3 atom stereocenters. The molecule has 3 aliphatic rings. The SMILES string of the molecule is O=NC1C2CCCCCCCC[C@H]1C2. The molecule has 2 bridgehead atoms. The topological polar surface area (TPSA) is 29.4 Å². The Morgan fingerprint density at radius 3 is 1.79 bits per heavy atom. The summed E-state index contributed by atoms with van der Waals surface area (Å²) in [6.07, 6.45) is 12.0. The molecule has 3 saturated carbocycles. The minimum absolute atomic E-state index is 0.188. The largest absolute Gasteiger partial charge is 0.150 e. The molecule has 0 spiro atoms. The predicted octanol–water partition coefficient (Wildman–Crippen LogP) is 3.89. The van der Waals surface area contributed by atoms with Gasteiger partial charge in [0.05, 0.1) is 6.04 Å². The molecule has 0 aliphatic heterocycles. The maximum absolute atomic E-state index is 10.7. The van der Waals surface area contributed by atoms with Crippen LogP contribution in [0.2, 0.25) is 0 Å². The third-order valence-corrected chi connectivity index (χ3v) is 4.09. The van der Waals surface area contributed by atoms with Crippen LogP contribution in [0.25, 0.3) is 0 Å². The van der Waals surface area contributed by atoms with E-state index >= 15 is 0 Å². The summed E-state index contributed by atoms with van der Waals surface area (Å²) in [7, 11) is 0. The van der Waals surface area contributed by atoms with Crippen LogP contribution in [0, 0.1) is 16.7 Å². The molecule has 2 unspecified atom stereocenters. The van der Waals surface area contributed by atoms with Gasteiger partial charge in [-0.1, -0.05) is 43.7 Å². The van der Waals surface area contributed by atoms with Crippen LogP contribution in [-0.4, -0.2) is 6.04 Å². The fraction of sp³-hybridized carbons (Fsp3) is 1.00. The third kappa shape index (κ3) is 2.15. The number of fused-ring (bicyclic) bond motifs is 7. The average molecular weight is 195 g/mol. The lowest BCUT2D eigenvalue weighted by molar-refractivity contribution is 0.123. The molecule has 2 nitrogen and oxygen atoms in total. The molecule has 0 heterocycles. The minimum Gasteiger partial charge on any atom is -0.150 e. The van der Waals surface area contributed by atoms with Crippen molar-refractivity contribution in [2.75, 3.05) is 0 Å². The van der Waals surface area contributed by atoms with Gasteiger partial charge in [0, 0.05) is 0 Å². The van der Waals surface area contributed by atoms with E-state index in [4.69, 9.17) is 0 Å². The van der Waals surface area contributed by atoms with E-state index in [1.807, 2.05) is 0 Å². The fourth-order valence-corrected chi connectivity index (χ4v) is 3.13. The number of hydrogen-bond acceptors (Lipinski definition) is 2. The second-order valence-electron chi connectivity index (χ2n) is 5.05. The van der Waals surface area contributed by atoms with Crippen LogP contribution >= 0.6 is 0 Å². The molecule has 0 aromatic rings. The Kier molecular flexibility index (Phi) is 3.55. The average Bonchev–Trinajstić information content (AvgIpc) is 2.23. The van der Waals surface area contributed by atoms with Crippen molar-refractivity contribution in [2.45, 2.75) is 63.8 Å². The third-order valence-electron chi connectivity index (χ3n) is 4.09. The molecular weight excluding hydrogens is 174 g/mol. The number of rotatable bonds is 1. The van der Waals surface area contributed by atoms with Crippen molar-refractivity contribution < 1.29 is 0 Å². The van der Waals surface area contributed by atoms with E-state index in [-0.39, 0.29) is 6.04 Å². The molecule has 0 saturated heterocycles. The zero-order valence-corrected chi connectivity index (χ0v) is 8.95. The summed E-state index contributed by atoms with van der Waals surface area (Å²) in [6, 6.07) is 0.188. The highest BCUT2D eigenvalue weighted by Gasteiger charge is 2.41. The Morgan fingerprint density at radius 2 is 1.29 bits per heavy atom. The van der Waals surface area contributed by atoms with E-state index in [9.17, 15) is 4.91 Å². The van der Waals surface area contributed by atoms with E-state index in [1.54, 1.807) is 0 Å². The zero-order valence-electron chi connectivity index (χ0n) is 8.95. The van der Waals surface area contributed by atoms with Gasteiger partial charge in [0.1, 0.15) is 0 Å². The highest BCUT2D eigenvalue weighted by atomic mass is 16.3. The first-order valence-corrected chi connectivity index (χ1v) is 6.24. The summed E-state index contributed by atoms with van der Waals surface area (Å²) in [5.74, 6) is 1.30. The van der Waals surface area contributed by atoms with E-state index in [0.717, 1.165) is 0 Å². The van der Waals surface area contributed by atoms with Crippen LogP contribution in [-0.2, 0) is 0 Å². The van der Waals surface area contributed by atoms with Crippen molar-refractivity contribution in [3.8, 4) is 0 Å². The standard InChI is InChI=1S/C12H21NO/c14-13-12-10-7-5-3-1-2-4-6-8-11(12)9-10/h10-12H,1-9H2/t10-,11?,12?/m0/s1. The molecule has 2 heteroatoms. The minimum atomic E-state index is 0.188. The van der Waals surface area contributed by atoms with E-state index in [1.165, 1.54) is 57.8 Å². The Bertz CT molecular complexity index is 173. The lowest BCUT2D eigenvalue weighted by Crippen LogP contribution is -2.40. The molecule has 14 heavy (non-hydrogen) atoms. The van der Waals surface area contributed by atoms with Gasteiger partial charge in [-0.05, 0) is 31.1 Å². The molecule has 3 aliphatic carbocycles. The van der Waals surface area contributed by atoms with Crippen LogP contribution in [0.15, 0.2) is 5.18 Å². The van der Waals surface area contributed by atoms with E-state index in [0.29, 0.717) is 11.8 Å². The van der Waals surface area contributed by atoms with Gasteiger partial charge in [0.15, 0.2) is 0 Å². The van der Waals surface area contributed by atoms with Crippen molar-refractivity contribution in [3.63, 3.8) is 0 Å². The van der Waals surface area contributed by atoms with Gasteiger partial charge in [-0.25, -0.2) is 0 Å². The Hall–Kier alpha value is -0.400. The predicted molar refractivity (Wildman–Crippen MR) is 58.1 cm³/mol. The van der Waals surface area contributed by atoms with Crippen LogP contribution in [0.3, 0.4) is 0 Å². The summed E-state index contributed by atoms with van der Waals surface area (Å²) in [5, 5.41) is 3.33. The van der Waals surface area contributed by atoms with E-state index in [2.05, 4.69) is 5.18 Å². The van der Waals surface area contributed by atoms with Gasteiger partial charge in [-0.2, -0.15) is 4.91 Å². The first-order chi connectivity index (χ1) is 6.92. The van der Waals surface area contributed by atoms with Crippen LogP contribution in [0.4, 0.5) is 0 Å². The van der Waals surface area contributed by atoms with Crippen LogP contribution in [0.5, 0.6) is 0 Å².